The lowest BCUT2D eigenvalue weighted by molar-refractivity contribution is -0.138. The van der Waals surface area contributed by atoms with Gasteiger partial charge in [0, 0.05) is 38.5 Å². The number of pyridine rings is 1. The van der Waals surface area contributed by atoms with Crippen LogP contribution < -0.4 is 10.9 Å². The summed E-state index contributed by atoms with van der Waals surface area (Å²) in [5.41, 5.74) is 4.91. The maximum Gasteiger partial charge on any atom is 0.305 e. The fraction of sp³-hybridized carbons (Fsp3) is 0.486. The second-order valence-electron chi connectivity index (χ2n) is 13.4. The van der Waals surface area contributed by atoms with E-state index in [0.29, 0.717) is 29.7 Å². The van der Waals surface area contributed by atoms with Gasteiger partial charge in [0.25, 0.3) is 5.56 Å². The molecule has 1 aromatic heterocycles. The smallest absolute Gasteiger partial charge is 0.305 e. The fourth-order valence-electron chi connectivity index (χ4n) is 6.66. The second-order valence-corrected chi connectivity index (χ2v) is 13.4. The Morgan fingerprint density at radius 3 is 2.19 bits per heavy atom. The lowest BCUT2D eigenvalue weighted by atomic mass is 9.89. The molecule has 1 aliphatic rings. The predicted molar refractivity (Wildman–Crippen MR) is 189 cm³/mol. The molecule has 0 bridgehead atoms. The Hall–Kier alpha value is -3.54. The van der Waals surface area contributed by atoms with E-state index in [1.54, 1.807) is 39.3 Å². The van der Waals surface area contributed by atoms with E-state index in [1.165, 1.54) is 0 Å². The number of aliphatic carboxylic acids is 1. The topological polar surface area (TPSA) is 101 Å². The normalized spacial score (nSPS) is 14.7. The summed E-state index contributed by atoms with van der Waals surface area (Å²) < 4.78 is 37.7. The Labute approximate surface area is 288 Å². The van der Waals surface area contributed by atoms with E-state index in [0.717, 1.165) is 39.9 Å². The van der Waals surface area contributed by atoms with E-state index in [2.05, 4.69) is 10.2 Å². The first-order valence-electron chi connectivity index (χ1n) is 16.2. The highest BCUT2D eigenvalue weighted by Gasteiger charge is 2.31. The molecule has 2 heterocycles. The lowest BCUT2D eigenvalue weighted by Crippen LogP contribution is -2.52. The zero-order valence-corrected chi connectivity index (χ0v) is 30.2. The van der Waals surface area contributed by atoms with Gasteiger partial charge in [-0.2, -0.15) is 13.5 Å². The van der Waals surface area contributed by atoms with Crippen molar-refractivity contribution in [2.75, 3.05) is 26.7 Å². The molecule has 1 saturated heterocycles. The third kappa shape index (κ3) is 8.73. The van der Waals surface area contributed by atoms with Gasteiger partial charge in [0.2, 0.25) is 5.91 Å². The molecule has 0 spiro atoms. The molecular weight excluding hydrogens is 636 g/mol. The minimum atomic E-state index is -1.25. The molecule has 1 amide bonds. The number of hydrogen-bond acceptors (Lipinski definition) is 5. The van der Waals surface area contributed by atoms with E-state index in [1.807, 2.05) is 46.8 Å². The van der Waals surface area contributed by atoms with Crippen molar-refractivity contribution < 1.29 is 28.2 Å². The van der Waals surface area contributed by atoms with Gasteiger partial charge in [-0.15, -0.1) is 0 Å². The van der Waals surface area contributed by atoms with Gasteiger partial charge >= 0.3 is 5.97 Å². The number of halogens is 2. The molecule has 11 heteroatoms. The number of carbonyl (C=O) groups excluding carboxylic acids is 1. The molecule has 262 valence electrons. The molecule has 2 N–H and O–H groups in total. The molecule has 2 atom stereocenters. The molecule has 48 heavy (non-hydrogen) atoms. The van der Waals surface area contributed by atoms with Crippen LogP contribution in [0.25, 0.3) is 11.1 Å². The highest BCUT2D eigenvalue weighted by molar-refractivity contribution is 7.59. The Balaban J connectivity index is 0.00000625. The van der Waals surface area contributed by atoms with Gasteiger partial charge in [-0.1, -0.05) is 31.5 Å². The number of carboxylic acid groups (broad SMARTS) is 1. The molecule has 3 aromatic rings. The van der Waals surface area contributed by atoms with E-state index < -0.39 is 47.6 Å². The van der Waals surface area contributed by atoms with Crippen LogP contribution in [0, 0.1) is 52.2 Å². The number of aryl methyl sites for hydroxylation is 4. The van der Waals surface area contributed by atoms with Crippen molar-refractivity contribution in [2.45, 2.75) is 85.9 Å². The van der Waals surface area contributed by atoms with Gasteiger partial charge in [0.1, 0.15) is 11.9 Å². The Morgan fingerprint density at radius 2 is 1.62 bits per heavy atom. The average molecular weight is 686 g/mol. The monoisotopic (exact) mass is 685 g/mol. The number of amides is 1. The number of nitrogens with one attached hydrogen (secondary N) is 1. The van der Waals surface area contributed by atoms with Crippen molar-refractivity contribution in [3.63, 3.8) is 0 Å². The summed E-state index contributed by atoms with van der Waals surface area (Å²) in [6.07, 6.45) is 1.76. The van der Waals surface area contributed by atoms with Crippen molar-refractivity contribution in [1.82, 2.24) is 14.8 Å². The third-order valence-electron chi connectivity index (χ3n) is 9.13. The van der Waals surface area contributed by atoms with Crippen LogP contribution in [0.1, 0.15) is 77.7 Å². The first kappa shape index (κ1) is 38.9. The zero-order chi connectivity index (χ0) is 34.7. The number of hydrogen-bond donors (Lipinski definition) is 2. The minimum absolute atomic E-state index is 0. The first-order valence-corrected chi connectivity index (χ1v) is 16.2. The summed E-state index contributed by atoms with van der Waals surface area (Å²) in [7, 11) is 1.66. The van der Waals surface area contributed by atoms with Gasteiger partial charge in [0.15, 0.2) is 5.82 Å². The largest absolute Gasteiger partial charge is 0.481 e. The summed E-state index contributed by atoms with van der Waals surface area (Å²) >= 11 is 0. The van der Waals surface area contributed by atoms with Crippen LogP contribution in [0.3, 0.4) is 0 Å². The van der Waals surface area contributed by atoms with Crippen LogP contribution >= 0.6 is 13.5 Å². The number of methoxy groups -OCH3 is 1. The third-order valence-corrected chi connectivity index (χ3v) is 9.13. The van der Waals surface area contributed by atoms with Gasteiger partial charge in [-0.05, 0) is 104 Å². The number of benzene rings is 2. The molecule has 8 nitrogen and oxygen atoms in total. The zero-order valence-electron chi connectivity index (χ0n) is 29.2. The van der Waals surface area contributed by atoms with Gasteiger partial charge in [0.05, 0.1) is 18.6 Å². The van der Waals surface area contributed by atoms with Crippen LogP contribution in [0.15, 0.2) is 35.3 Å². The summed E-state index contributed by atoms with van der Waals surface area (Å²) in [6.45, 7) is 15.0. The molecular formula is C37H49F2N3O5S. The van der Waals surface area contributed by atoms with Crippen LogP contribution in [0.2, 0.25) is 0 Å². The maximum atomic E-state index is 15.8. The van der Waals surface area contributed by atoms with E-state index in [4.69, 9.17) is 4.74 Å². The number of carbonyl (C=O) groups is 2. The number of carboxylic acids is 1. The quantitative estimate of drug-likeness (QED) is 0.221. The van der Waals surface area contributed by atoms with Crippen LogP contribution in [0.4, 0.5) is 8.78 Å². The van der Waals surface area contributed by atoms with Crippen LogP contribution in [-0.4, -0.2) is 59.3 Å². The van der Waals surface area contributed by atoms with Crippen LogP contribution in [-0.2, 0) is 20.7 Å². The number of aromatic nitrogens is 1. The van der Waals surface area contributed by atoms with Crippen molar-refractivity contribution in [1.29, 1.82) is 0 Å². The standard InChI is InChI=1S/C37H47F2N3O5.H2S/c1-20(2)11-31(42-17-26(25(7)35(39)37(42)46)9-10-41-18-28(19-41)47-8)36(45)40-30(16-32(43)44)29-15-27(14-24(6)34(29)38)33-22(4)12-21(3)13-23(33)5;/h12-15,17,20,28,30-31H,9-11,16,18-19H2,1-8H3,(H,40,45)(H,43,44);1H2/t30-,31?;/m0./s1. The molecule has 0 saturated carbocycles. The second kappa shape index (κ2) is 16.2. The number of likely N-dealkylation sites (tertiary alicyclic amines) is 1. The van der Waals surface area contributed by atoms with Gasteiger partial charge in [-0.3, -0.25) is 19.3 Å². The molecule has 1 unspecified atom stereocenters. The number of nitrogens with zero attached hydrogens (tertiary/aromatic N) is 2. The van der Waals surface area contributed by atoms with E-state index >= 15 is 8.78 Å². The van der Waals surface area contributed by atoms with Crippen LogP contribution in [0.5, 0.6) is 0 Å². The molecule has 0 aliphatic carbocycles. The minimum Gasteiger partial charge on any atom is -0.481 e. The first-order chi connectivity index (χ1) is 22.1. The van der Waals surface area contributed by atoms with Crippen molar-refractivity contribution in [3.05, 3.63) is 91.4 Å². The predicted octanol–water partition coefficient (Wildman–Crippen LogP) is 6.24. The van der Waals surface area contributed by atoms with Crippen molar-refractivity contribution in [3.8, 4) is 11.1 Å². The summed E-state index contributed by atoms with van der Waals surface area (Å²) in [6, 6.07) is 4.98. The number of rotatable bonds is 13. The van der Waals surface area contributed by atoms with E-state index in [-0.39, 0.29) is 43.1 Å². The maximum absolute atomic E-state index is 15.8. The van der Waals surface area contributed by atoms with Crippen molar-refractivity contribution in [2.24, 2.45) is 5.92 Å². The lowest BCUT2D eigenvalue weighted by Gasteiger charge is -2.38. The molecule has 0 radical (unpaired) electrons. The summed E-state index contributed by atoms with van der Waals surface area (Å²) in [5.74, 6) is -3.54. The molecule has 1 fully saturated rings. The highest BCUT2D eigenvalue weighted by Crippen LogP contribution is 2.34. The molecule has 4 rings (SSSR count). The number of ether oxygens (including phenoxy) is 1. The SMILES string of the molecule is COC1CN(CCc2cn(C(CC(C)C)C(=O)N[C@@H](CC(=O)O)c3cc(-c4c(C)cc(C)cc4C)cc(C)c3F)c(=O)c(F)c2C)C1.S. The summed E-state index contributed by atoms with van der Waals surface area (Å²) in [5, 5.41) is 12.6. The molecule has 2 aromatic carbocycles. The fourth-order valence-corrected chi connectivity index (χ4v) is 6.66. The van der Waals surface area contributed by atoms with Crippen molar-refractivity contribution >= 4 is 25.4 Å². The van der Waals surface area contributed by atoms with Gasteiger partial charge in [-0.25, -0.2) is 8.78 Å². The Kier molecular flexibility index (Phi) is 13.2. The Bertz CT molecular complexity index is 1690. The Morgan fingerprint density at radius 1 is 1.00 bits per heavy atom. The van der Waals surface area contributed by atoms with E-state index in [9.17, 15) is 19.5 Å². The summed E-state index contributed by atoms with van der Waals surface area (Å²) in [4.78, 5) is 41.6. The average Bonchev–Trinajstić information content (AvgIpc) is 2.95. The molecule has 1 aliphatic heterocycles. The van der Waals surface area contributed by atoms with Gasteiger partial charge < -0.3 is 19.7 Å². The highest BCUT2D eigenvalue weighted by atomic mass is 32.1.